The van der Waals surface area contributed by atoms with Crippen LogP contribution in [0.4, 0.5) is 0 Å². The molecule has 2 rings (SSSR count). The summed E-state index contributed by atoms with van der Waals surface area (Å²) in [7, 11) is 0. The van der Waals surface area contributed by atoms with Gasteiger partial charge in [-0.3, -0.25) is 0 Å². The van der Waals surface area contributed by atoms with Crippen molar-refractivity contribution in [1.82, 2.24) is 0 Å². The molecule has 1 N–H and O–H groups in total. The number of halogens is 1. The fourth-order valence-electron chi connectivity index (χ4n) is 1.95. The summed E-state index contributed by atoms with van der Waals surface area (Å²) in [5, 5.41) is 11.6. The topological polar surface area (TPSA) is 38.7 Å². The first-order chi connectivity index (χ1) is 9.67. The van der Waals surface area contributed by atoms with E-state index in [-0.39, 0.29) is 11.9 Å². The van der Waals surface area contributed by atoms with Gasteiger partial charge in [-0.15, -0.1) is 0 Å². The van der Waals surface area contributed by atoms with Crippen molar-refractivity contribution in [3.05, 3.63) is 43.0 Å². The van der Waals surface area contributed by atoms with Crippen LogP contribution in [0.25, 0.3) is 10.8 Å². The van der Waals surface area contributed by atoms with Crippen LogP contribution in [0.5, 0.6) is 17.2 Å². The van der Waals surface area contributed by atoms with Crippen LogP contribution in [-0.4, -0.2) is 22.2 Å². The van der Waals surface area contributed by atoms with Crippen LogP contribution in [0.3, 0.4) is 0 Å². The summed E-state index contributed by atoms with van der Waals surface area (Å²) in [4.78, 5) is 0. The van der Waals surface area contributed by atoms with E-state index in [2.05, 4.69) is 29.2 Å². The summed E-state index contributed by atoms with van der Waals surface area (Å²) in [5.41, 5.74) is 0. The van der Waals surface area contributed by atoms with Gasteiger partial charge in [-0.05, 0) is 25.1 Å². The molecule has 2 aromatic rings. The summed E-state index contributed by atoms with van der Waals surface area (Å²) in [6, 6.07) is 9.07. The molecule has 0 saturated heterocycles. The number of aromatic hydroxyl groups is 1. The molecular formula is C16H17IO3. The van der Waals surface area contributed by atoms with Gasteiger partial charge in [0.2, 0.25) is 0 Å². The van der Waals surface area contributed by atoms with Gasteiger partial charge in [0, 0.05) is 9.81 Å². The number of ether oxygens (including phenoxy) is 2. The Kier molecular flexibility index (Phi) is 5.11. The number of fused-ring (bicyclic) bond motifs is 1. The van der Waals surface area contributed by atoms with Gasteiger partial charge >= 0.3 is 0 Å². The lowest BCUT2D eigenvalue weighted by Crippen LogP contribution is -2.12. The normalized spacial score (nSPS) is 12.1. The summed E-state index contributed by atoms with van der Waals surface area (Å²) in [6.07, 6.45) is 1.79. The highest BCUT2D eigenvalue weighted by molar-refractivity contribution is 14.1. The zero-order chi connectivity index (χ0) is 14.5. The number of benzene rings is 2. The molecule has 20 heavy (non-hydrogen) atoms. The van der Waals surface area contributed by atoms with Crippen molar-refractivity contribution in [3.8, 4) is 17.2 Å². The molecule has 0 aromatic heterocycles. The quantitative estimate of drug-likeness (QED) is 0.458. The van der Waals surface area contributed by atoms with Crippen molar-refractivity contribution in [1.29, 1.82) is 0 Å². The van der Waals surface area contributed by atoms with E-state index in [1.54, 1.807) is 18.2 Å². The van der Waals surface area contributed by atoms with Crippen LogP contribution in [0.1, 0.15) is 6.92 Å². The molecule has 0 fully saturated rings. The van der Waals surface area contributed by atoms with Crippen LogP contribution in [-0.2, 0) is 0 Å². The van der Waals surface area contributed by atoms with Crippen LogP contribution >= 0.6 is 22.6 Å². The monoisotopic (exact) mass is 384 g/mol. The Morgan fingerprint density at radius 1 is 1.30 bits per heavy atom. The lowest BCUT2D eigenvalue weighted by Gasteiger charge is -2.16. The van der Waals surface area contributed by atoms with E-state index in [0.717, 1.165) is 15.6 Å². The third kappa shape index (κ3) is 3.17. The fraction of sp³-hybridized carbons (Fsp3) is 0.250. The van der Waals surface area contributed by atoms with Crippen LogP contribution < -0.4 is 9.47 Å². The number of alkyl halides is 1. The molecule has 0 saturated carbocycles. The molecule has 0 amide bonds. The Morgan fingerprint density at radius 2 is 2.10 bits per heavy atom. The Morgan fingerprint density at radius 3 is 2.80 bits per heavy atom. The molecule has 0 bridgehead atoms. The molecule has 1 atom stereocenters. The Hall–Kier alpha value is -1.43. The molecular weight excluding hydrogens is 367 g/mol. The number of hydrogen-bond donors (Lipinski definition) is 1. The Balaban J connectivity index is 2.52. The first-order valence-electron chi connectivity index (χ1n) is 6.38. The lowest BCUT2D eigenvalue weighted by atomic mass is 10.1. The highest BCUT2D eigenvalue weighted by Crippen LogP contribution is 2.38. The summed E-state index contributed by atoms with van der Waals surface area (Å²) in [6.45, 7) is 6.05. The smallest absolute Gasteiger partial charge is 0.131 e. The van der Waals surface area contributed by atoms with E-state index in [9.17, 15) is 5.11 Å². The third-order valence-corrected chi connectivity index (χ3v) is 4.08. The standard InChI is InChI=1S/C16H17IO3/c1-3-9-19-15-6-4-5-12-14(20-11(2)10-17)8-7-13(18)16(12)15/h3-8,11,18H,1,9-10H2,2H3/t11-/m1/s1. The predicted molar refractivity (Wildman–Crippen MR) is 90.3 cm³/mol. The molecule has 0 heterocycles. The van der Waals surface area contributed by atoms with Gasteiger partial charge in [-0.25, -0.2) is 0 Å². The molecule has 0 aliphatic heterocycles. The van der Waals surface area contributed by atoms with Gasteiger partial charge in [0.15, 0.2) is 0 Å². The summed E-state index contributed by atoms with van der Waals surface area (Å²) in [5.74, 6) is 1.58. The molecule has 3 nitrogen and oxygen atoms in total. The van der Waals surface area contributed by atoms with Gasteiger partial charge < -0.3 is 14.6 Å². The lowest BCUT2D eigenvalue weighted by molar-refractivity contribution is 0.253. The zero-order valence-corrected chi connectivity index (χ0v) is 13.5. The van der Waals surface area contributed by atoms with Crippen LogP contribution in [0.15, 0.2) is 43.0 Å². The van der Waals surface area contributed by atoms with Gasteiger partial charge in [-0.1, -0.05) is 47.4 Å². The van der Waals surface area contributed by atoms with Crippen molar-refractivity contribution in [2.75, 3.05) is 11.0 Å². The average molecular weight is 384 g/mol. The van der Waals surface area contributed by atoms with Gasteiger partial charge in [0.25, 0.3) is 0 Å². The minimum absolute atomic E-state index is 0.112. The number of phenols is 1. The van der Waals surface area contributed by atoms with E-state index >= 15 is 0 Å². The number of hydrogen-bond acceptors (Lipinski definition) is 3. The van der Waals surface area contributed by atoms with Crippen molar-refractivity contribution in [2.24, 2.45) is 0 Å². The molecule has 0 aliphatic carbocycles. The highest BCUT2D eigenvalue weighted by atomic mass is 127. The first kappa shape index (κ1) is 15.0. The SMILES string of the molecule is C=CCOc1cccc2c(O[C@H](C)CI)ccc(O)c12. The average Bonchev–Trinajstić information content (AvgIpc) is 2.47. The van der Waals surface area contributed by atoms with Crippen molar-refractivity contribution >= 4 is 33.4 Å². The molecule has 106 valence electrons. The Labute approximate surface area is 132 Å². The third-order valence-electron chi connectivity index (χ3n) is 2.84. The molecule has 4 heteroatoms. The van der Waals surface area contributed by atoms with Crippen LogP contribution in [0, 0.1) is 0 Å². The highest BCUT2D eigenvalue weighted by Gasteiger charge is 2.13. The second kappa shape index (κ2) is 6.83. The van der Waals surface area contributed by atoms with Gasteiger partial charge in [-0.2, -0.15) is 0 Å². The van der Waals surface area contributed by atoms with Crippen molar-refractivity contribution in [2.45, 2.75) is 13.0 Å². The fourth-order valence-corrected chi connectivity index (χ4v) is 2.13. The molecule has 0 unspecified atom stereocenters. The van der Waals surface area contributed by atoms with Crippen molar-refractivity contribution in [3.63, 3.8) is 0 Å². The van der Waals surface area contributed by atoms with Gasteiger partial charge in [0.05, 0.1) is 5.39 Å². The van der Waals surface area contributed by atoms with Gasteiger partial charge in [0.1, 0.15) is 30.0 Å². The summed E-state index contributed by atoms with van der Waals surface area (Å²) < 4.78 is 12.4. The summed E-state index contributed by atoms with van der Waals surface area (Å²) >= 11 is 2.29. The maximum atomic E-state index is 10.1. The van der Waals surface area contributed by atoms with E-state index in [4.69, 9.17) is 9.47 Å². The van der Waals surface area contributed by atoms with E-state index in [1.807, 2.05) is 25.1 Å². The number of rotatable bonds is 6. The number of phenolic OH excluding ortho intramolecular Hbond substituents is 1. The van der Waals surface area contributed by atoms with Crippen LogP contribution in [0.2, 0.25) is 0 Å². The van der Waals surface area contributed by atoms with Crippen molar-refractivity contribution < 1.29 is 14.6 Å². The largest absolute Gasteiger partial charge is 0.507 e. The minimum Gasteiger partial charge on any atom is -0.507 e. The van der Waals surface area contributed by atoms with E-state index < -0.39 is 0 Å². The van der Waals surface area contributed by atoms with E-state index in [1.165, 1.54) is 0 Å². The zero-order valence-electron chi connectivity index (χ0n) is 11.3. The van der Waals surface area contributed by atoms with E-state index in [0.29, 0.717) is 17.7 Å². The molecule has 0 radical (unpaired) electrons. The second-order valence-corrected chi connectivity index (χ2v) is 5.32. The maximum absolute atomic E-state index is 10.1. The second-order valence-electron chi connectivity index (χ2n) is 4.44. The minimum atomic E-state index is 0.112. The molecule has 2 aromatic carbocycles. The predicted octanol–water partition coefficient (Wildman–Crippen LogP) is 4.31. The Bertz CT molecular complexity index is 610. The molecule has 0 aliphatic rings. The molecule has 0 spiro atoms. The maximum Gasteiger partial charge on any atom is 0.131 e. The first-order valence-corrected chi connectivity index (χ1v) is 7.91.